The van der Waals surface area contributed by atoms with Crippen molar-refractivity contribution in [2.45, 2.75) is 19.9 Å². The Hall–Kier alpha value is -1.73. The number of aliphatic imine (C=N–C) groups is 2. The van der Waals surface area contributed by atoms with Gasteiger partial charge in [0.15, 0.2) is 0 Å². The molecule has 0 saturated heterocycles. The molecule has 0 unspecified atom stereocenters. The quantitative estimate of drug-likeness (QED) is 0.520. The maximum Gasteiger partial charge on any atom is 0.241 e. The standard InChI is InChI=1S/C14H24N4O3/c1-11(2)17-14(19)6-15-9-18-10-16-12(7-20-3)5-13(18)8-21-4/h5,9,11H,6-8,10H2,1-4H3,(H,17,19). The minimum absolute atomic E-state index is 0.0981. The Kier molecular flexibility index (Phi) is 7.63. The first-order valence-corrected chi connectivity index (χ1v) is 6.84. The fraction of sp³-hybridized carbons (Fsp3) is 0.643. The first-order valence-electron chi connectivity index (χ1n) is 6.84. The van der Waals surface area contributed by atoms with Gasteiger partial charge in [0.1, 0.15) is 13.2 Å². The summed E-state index contributed by atoms with van der Waals surface area (Å²) < 4.78 is 10.2. The normalized spacial score (nSPS) is 15.4. The molecule has 0 aromatic heterocycles. The fourth-order valence-corrected chi connectivity index (χ4v) is 1.79. The van der Waals surface area contributed by atoms with Crippen molar-refractivity contribution < 1.29 is 14.3 Å². The predicted molar refractivity (Wildman–Crippen MR) is 82.6 cm³/mol. The number of carbonyl (C=O) groups excluding carboxylic acids is 1. The van der Waals surface area contributed by atoms with Gasteiger partial charge in [0.05, 0.1) is 25.3 Å². The van der Waals surface area contributed by atoms with Crippen molar-refractivity contribution in [3.05, 3.63) is 11.8 Å². The summed E-state index contributed by atoms with van der Waals surface area (Å²) in [7, 11) is 3.27. The number of nitrogens with zero attached hydrogens (tertiary/aromatic N) is 3. The molecule has 0 radical (unpaired) electrons. The van der Waals surface area contributed by atoms with Gasteiger partial charge in [-0.15, -0.1) is 0 Å². The third-order valence-electron chi connectivity index (χ3n) is 2.62. The number of rotatable bonds is 8. The van der Waals surface area contributed by atoms with Crippen LogP contribution in [0.25, 0.3) is 0 Å². The average molecular weight is 296 g/mol. The highest BCUT2D eigenvalue weighted by molar-refractivity contribution is 5.97. The smallest absolute Gasteiger partial charge is 0.241 e. The van der Waals surface area contributed by atoms with Crippen LogP contribution in [0.3, 0.4) is 0 Å². The van der Waals surface area contributed by atoms with Gasteiger partial charge in [-0.05, 0) is 19.9 Å². The van der Waals surface area contributed by atoms with Crippen molar-refractivity contribution in [3.8, 4) is 0 Å². The molecule has 0 spiro atoms. The van der Waals surface area contributed by atoms with Crippen LogP contribution in [0, 0.1) is 0 Å². The van der Waals surface area contributed by atoms with Crippen molar-refractivity contribution in [2.75, 3.05) is 40.6 Å². The van der Waals surface area contributed by atoms with Crippen LogP contribution in [0.1, 0.15) is 13.8 Å². The monoisotopic (exact) mass is 296 g/mol. The Morgan fingerprint density at radius 1 is 1.48 bits per heavy atom. The first-order chi connectivity index (χ1) is 10.1. The SMILES string of the molecule is COCC1=CC(COC)=NCN1C=NCC(=O)NC(C)C. The van der Waals surface area contributed by atoms with E-state index in [-0.39, 0.29) is 18.5 Å². The zero-order valence-corrected chi connectivity index (χ0v) is 13.1. The molecule has 7 nitrogen and oxygen atoms in total. The molecule has 21 heavy (non-hydrogen) atoms. The number of methoxy groups -OCH3 is 2. The molecule has 1 heterocycles. The molecule has 0 aliphatic carbocycles. The number of hydrogen-bond acceptors (Lipinski definition) is 5. The van der Waals surface area contributed by atoms with E-state index in [0.29, 0.717) is 19.9 Å². The van der Waals surface area contributed by atoms with E-state index in [0.717, 1.165) is 11.4 Å². The summed E-state index contributed by atoms with van der Waals surface area (Å²) >= 11 is 0. The molecule has 1 aliphatic rings. The Labute approximate surface area is 125 Å². The van der Waals surface area contributed by atoms with E-state index >= 15 is 0 Å². The second-order valence-electron chi connectivity index (χ2n) is 4.94. The number of amides is 1. The van der Waals surface area contributed by atoms with E-state index < -0.39 is 0 Å². The Balaban J connectivity index is 2.58. The van der Waals surface area contributed by atoms with Crippen molar-refractivity contribution in [2.24, 2.45) is 9.98 Å². The highest BCUT2D eigenvalue weighted by atomic mass is 16.5. The van der Waals surface area contributed by atoms with Gasteiger partial charge in [-0.2, -0.15) is 0 Å². The van der Waals surface area contributed by atoms with Crippen LogP contribution in [0.15, 0.2) is 21.8 Å². The number of carbonyl (C=O) groups is 1. The summed E-state index contributed by atoms with van der Waals surface area (Å²) in [6, 6.07) is 0.118. The van der Waals surface area contributed by atoms with Crippen LogP contribution >= 0.6 is 0 Å². The van der Waals surface area contributed by atoms with Crippen LogP contribution in [0.2, 0.25) is 0 Å². The van der Waals surface area contributed by atoms with Crippen LogP contribution < -0.4 is 5.32 Å². The maximum absolute atomic E-state index is 11.5. The summed E-state index contributed by atoms with van der Waals surface area (Å²) in [5.74, 6) is -0.0981. The molecule has 0 aromatic carbocycles. The summed E-state index contributed by atoms with van der Waals surface area (Å²) in [4.78, 5) is 21.9. The minimum Gasteiger partial charge on any atom is -0.378 e. The molecule has 0 atom stereocenters. The molecule has 0 bridgehead atoms. The third kappa shape index (κ3) is 6.50. The highest BCUT2D eigenvalue weighted by Gasteiger charge is 2.13. The number of hydrogen-bond donors (Lipinski definition) is 1. The molecule has 0 saturated carbocycles. The minimum atomic E-state index is -0.0981. The fourth-order valence-electron chi connectivity index (χ4n) is 1.79. The van der Waals surface area contributed by atoms with Crippen molar-refractivity contribution >= 4 is 18.0 Å². The lowest BCUT2D eigenvalue weighted by Gasteiger charge is -2.24. The second-order valence-corrected chi connectivity index (χ2v) is 4.94. The van der Waals surface area contributed by atoms with Crippen LogP contribution in [-0.2, 0) is 14.3 Å². The van der Waals surface area contributed by atoms with Crippen molar-refractivity contribution in [3.63, 3.8) is 0 Å². The van der Waals surface area contributed by atoms with Gasteiger partial charge >= 0.3 is 0 Å². The molecule has 7 heteroatoms. The third-order valence-corrected chi connectivity index (χ3v) is 2.62. The zero-order chi connectivity index (χ0) is 15.7. The van der Waals surface area contributed by atoms with E-state index in [2.05, 4.69) is 15.3 Å². The molecule has 1 amide bonds. The van der Waals surface area contributed by atoms with E-state index in [1.54, 1.807) is 20.6 Å². The van der Waals surface area contributed by atoms with Gasteiger partial charge < -0.3 is 19.7 Å². The van der Waals surface area contributed by atoms with Crippen LogP contribution in [0.4, 0.5) is 0 Å². The molecule has 0 fully saturated rings. The molecule has 1 rings (SSSR count). The van der Waals surface area contributed by atoms with E-state index in [9.17, 15) is 4.79 Å². The average Bonchev–Trinajstić information content (AvgIpc) is 2.41. The van der Waals surface area contributed by atoms with Crippen molar-refractivity contribution in [1.82, 2.24) is 10.2 Å². The summed E-state index contributed by atoms with van der Waals surface area (Å²) in [6.07, 6.45) is 3.54. The lowest BCUT2D eigenvalue weighted by Crippen LogP contribution is -2.33. The lowest BCUT2D eigenvalue weighted by atomic mass is 10.2. The van der Waals surface area contributed by atoms with Gasteiger partial charge in [0.25, 0.3) is 0 Å². The van der Waals surface area contributed by atoms with E-state index in [1.165, 1.54) is 0 Å². The van der Waals surface area contributed by atoms with E-state index in [4.69, 9.17) is 9.47 Å². The summed E-state index contributed by atoms with van der Waals surface area (Å²) in [5.41, 5.74) is 1.80. The Morgan fingerprint density at radius 3 is 2.81 bits per heavy atom. The van der Waals surface area contributed by atoms with Gasteiger partial charge in [0.2, 0.25) is 5.91 Å². The summed E-state index contributed by atoms with van der Waals surface area (Å²) in [5, 5.41) is 2.79. The molecule has 1 N–H and O–H groups in total. The Bertz CT molecular complexity index is 430. The molecule has 118 valence electrons. The molecule has 0 aromatic rings. The van der Waals surface area contributed by atoms with E-state index in [1.807, 2.05) is 24.8 Å². The van der Waals surface area contributed by atoms with Crippen molar-refractivity contribution in [1.29, 1.82) is 0 Å². The van der Waals surface area contributed by atoms with Gasteiger partial charge in [-0.3, -0.25) is 14.8 Å². The summed E-state index contributed by atoms with van der Waals surface area (Å²) in [6.45, 7) is 5.30. The van der Waals surface area contributed by atoms with Crippen LogP contribution in [-0.4, -0.2) is 69.5 Å². The van der Waals surface area contributed by atoms with Gasteiger partial charge in [-0.1, -0.05) is 0 Å². The second kappa shape index (κ2) is 9.25. The predicted octanol–water partition coefficient (Wildman–Crippen LogP) is 0.430. The molecular weight excluding hydrogens is 272 g/mol. The number of ether oxygens (including phenoxy) is 2. The molecule has 1 aliphatic heterocycles. The molecular formula is C14H24N4O3. The number of nitrogens with one attached hydrogen (secondary N) is 1. The van der Waals surface area contributed by atoms with Gasteiger partial charge in [0, 0.05) is 26.0 Å². The first kappa shape index (κ1) is 17.3. The Morgan fingerprint density at radius 2 is 2.19 bits per heavy atom. The highest BCUT2D eigenvalue weighted by Crippen LogP contribution is 2.09. The lowest BCUT2D eigenvalue weighted by molar-refractivity contribution is -0.120. The van der Waals surface area contributed by atoms with Gasteiger partial charge in [-0.25, -0.2) is 0 Å². The maximum atomic E-state index is 11.5. The largest absolute Gasteiger partial charge is 0.378 e. The zero-order valence-electron chi connectivity index (χ0n) is 13.1. The topological polar surface area (TPSA) is 75.5 Å². The van der Waals surface area contributed by atoms with Crippen LogP contribution in [0.5, 0.6) is 0 Å².